The van der Waals surface area contributed by atoms with Crippen molar-refractivity contribution in [2.45, 2.75) is 25.8 Å². The van der Waals surface area contributed by atoms with Crippen molar-refractivity contribution in [2.75, 3.05) is 39.3 Å². The van der Waals surface area contributed by atoms with E-state index in [2.05, 4.69) is 54.0 Å². The standard InChI is InChI=1S/C16H27N3/c1-14(2)19-10-8-18(9-11-19)13-16(12-17)15-6-4-3-5-7-15/h3-7,14,16H,8-13,17H2,1-2H3. The van der Waals surface area contributed by atoms with Crippen LogP contribution in [0.2, 0.25) is 0 Å². The van der Waals surface area contributed by atoms with Gasteiger partial charge in [0.25, 0.3) is 0 Å². The first kappa shape index (κ1) is 14.5. The quantitative estimate of drug-likeness (QED) is 0.876. The van der Waals surface area contributed by atoms with Gasteiger partial charge in [0.2, 0.25) is 0 Å². The molecule has 106 valence electrons. The molecule has 0 aromatic heterocycles. The molecule has 19 heavy (non-hydrogen) atoms. The van der Waals surface area contributed by atoms with Gasteiger partial charge in [-0.2, -0.15) is 0 Å². The van der Waals surface area contributed by atoms with E-state index in [4.69, 9.17) is 5.73 Å². The van der Waals surface area contributed by atoms with Crippen LogP contribution in [-0.2, 0) is 0 Å². The van der Waals surface area contributed by atoms with E-state index in [9.17, 15) is 0 Å². The Morgan fingerprint density at radius 1 is 1.05 bits per heavy atom. The second-order valence-electron chi connectivity index (χ2n) is 5.77. The van der Waals surface area contributed by atoms with E-state index in [-0.39, 0.29) is 0 Å². The number of nitrogens with zero attached hydrogens (tertiary/aromatic N) is 2. The topological polar surface area (TPSA) is 32.5 Å². The number of nitrogens with two attached hydrogens (primary N) is 1. The van der Waals surface area contributed by atoms with Gasteiger partial charge in [-0.1, -0.05) is 30.3 Å². The fraction of sp³-hybridized carbons (Fsp3) is 0.625. The van der Waals surface area contributed by atoms with Crippen molar-refractivity contribution >= 4 is 0 Å². The van der Waals surface area contributed by atoms with Crippen LogP contribution in [0.4, 0.5) is 0 Å². The SMILES string of the molecule is CC(C)N1CCN(CC(CN)c2ccccc2)CC1. The van der Waals surface area contributed by atoms with Gasteiger partial charge in [-0.15, -0.1) is 0 Å². The normalized spacial score (nSPS) is 19.8. The van der Waals surface area contributed by atoms with E-state index in [0.29, 0.717) is 12.0 Å². The summed E-state index contributed by atoms with van der Waals surface area (Å²) in [7, 11) is 0. The van der Waals surface area contributed by atoms with Gasteiger partial charge in [0.15, 0.2) is 0 Å². The van der Waals surface area contributed by atoms with Crippen molar-refractivity contribution in [1.29, 1.82) is 0 Å². The smallest absolute Gasteiger partial charge is 0.0113 e. The van der Waals surface area contributed by atoms with E-state index < -0.39 is 0 Å². The molecule has 2 rings (SSSR count). The molecule has 3 heteroatoms. The molecule has 1 aromatic rings. The Balaban J connectivity index is 1.87. The second kappa shape index (κ2) is 7.04. The Kier molecular flexibility index (Phi) is 5.37. The highest BCUT2D eigenvalue weighted by molar-refractivity contribution is 5.20. The Bertz CT molecular complexity index is 356. The summed E-state index contributed by atoms with van der Waals surface area (Å²) >= 11 is 0. The van der Waals surface area contributed by atoms with Gasteiger partial charge < -0.3 is 10.6 Å². The summed E-state index contributed by atoms with van der Waals surface area (Å²) in [5.74, 6) is 0.465. The average Bonchev–Trinajstić information content (AvgIpc) is 2.46. The predicted octanol–water partition coefficient (Wildman–Crippen LogP) is 1.75. The molecule has 0 amide bonds. The van der Waals surface area contributed by atoms with E-state index >= 15 is 0 Å². The molecule has 1 atom stereocenters. The van der Waals surface area contributed by atoms with Gasteiger partial charge in [0.1, 0.15) is 0 Å². The number of hydrogen-bond acceptors (Lipinski definition) is 3. The molecule has 1 unspecified atom stereocenters. The van der Waals surface area contributed by atoms with Gasteiger partial charge >= 0.3 is 0 Å². The first-order chi connectivity index (χ1) is 9.20. The summed E-state index contributed by atoms with van der Waals surface area (Å²) < 4.78 is 0. The minimum Gasteiger partial charge on any atom is -0.330 e. The summed E-state index contributed by atoms with van der Waals surface area (Å²) in [4.78, 5) is 5.11. The Labute approximate surface area is 117 Å². The molecule has 0 bridgehead atoms. The lowest BCUT2D eigenvalue weighted by Crippen LogP contribution is -2.50. The van der Waals surface area contributed by atoms with Crippen LogP contribution in [0.3, 0.4) is 0 Å². The summed E-state index contributed by atoms with van der Waals surface area (Å²) in [6, 6.07) is 11.3. The maximum absolute atomic E-state index is 5.96. The molecule has 1 heterocycles. The van der Waals surface area contributed by atoms with Gasteiger partial charge in [-0.3, -0.25) is 4.90 Å². The van der Waals surface area contributed by atoms with E-state index in [0.717, 1.165) is 13.1 Å². The zero-order valence-corrected chi connectivity index (χ0v) is 12.3. The minimum absolute atomic E-state index is 0.465. The van der Waals surface area contributed by atoms with Crippen LogP contribution >= 0.6 is 0 Å². The molecular weight excluding hydrogens is 234 g/mol. The largest absolute Gasteiger partial charge is 0.330 e. The molecule has 1 fully saturated rings. The lowest BCUT2D eigenvalue weighted by molar-refractivity contribution is 0.104. The van der Waals surface area contributed by atoms with E-state index in [1.165, 1.54) is 31.7 Å². The second-order valence-corrected chi connectivity index (χ2v) is 5.77. The van der Waals surface area contributed by atoms with Crippen molar-refractivity contribution < 1.29 is 0 Å². The van der Waals surface area contributed by atoms with Crippen molar-refractivity contribution in [3.05, 3.63) is 35.9 Å². The fourth-order valence-electron chi connectivity index (χ4n) is 2.82. The molecule has 1 aliphatic rings. The molecule has 0 spiro atoms. The molecule has 0 saturated carbocycles. The first-order valence-corrected chi connectivity index (χ1v) is 7.42. The van der Waals surface area contributed by atoms with Gasteiger partial charge in [-0.05, 0) is 19.4 Å². The van der Waals surface area contributed by atoms with Gasteiger partial charge in [-0.25, -0.2) is 0 Å². The highest BCUT2D eigenvalue weighted by Gasteiger charge is 2.21. The average molecular weight is 261 g/mol. The lowest BCUT2D eigenvalue weighted by atomic mass is 9.98. The third-order valence-corrected chi connectivity index (χ3v) is 4.17. The lowest BCUT2D eigenvalue weighted by Gasteiger charge is -2.38. The Morgan fingerprint density at radius 2 is 1.68 bits per heavy atom. The molecule has 2 N–H and O–H groups in total. The molecule has 1 saturated heterocycles. The van der Waals surface area contributed by atoms with E-state index in [1.807, 2.05) is 0 Å². The number of rotatable bonds is 5. The monoisotopic (exact) mass is 261 g/mol. The number of benzene rings is 1. The molecular formula is C16H27N3. The third kappa shape index (κ3) is 4.03. The molecule has 0 aliphatic carbocycles. The zero-order valence-electron chi connectivity index (χ0n) is 12.3. The number of hydrogen-bond donors (Lipinski definition) is 1. The Hall–Kier alpha value is -0.900. The van der Waals surface area contributed by atoms with Crippen molar-refractivity contribution in [1.82, 2.24) is 9.80 Å². The Morgan fingerprint density at radius 3 is 2.21 bits per heavy atom. The maximum atomic E-state index is 5.96. The van der Waals surface area contributed by atoms with Crippen LogP contribution in [0.5, 0.6) is 0 Å². The van der Waals surface area contributed by atoms with Gasteiger partial charge in [0.05, 0.1) is 0 Å². The molecule has 3 nitrogen and oxygen atoms in total. The summed E-state index contributed by atoms with van der Waals surface area (Å²) in [5.41, 5.74) is 7.33. The molecule has 1 aliphatic heterocycles. The van der Waals surface area contributed by atoms with Crippen LogP contribution in [0.15, 0.2) is 30.3 Å². The predicted molar refractivity (Wildman–Crippen MR) is 81.4 cm³/mol. The molecule has 0 radical (unpaired) electrons. The van der Waals surface area contributed by atoms with Crippen molar-refractivity contribution in [2.24, 2.45) is 5.73 Å². The van der Waals surface area contributed by atoms with Crippen LogP contribution in [-0.4, -0.2) is 55.1 Å². The first-order valence-electron chi connectivity index (χ1n) is 7.42. The van der Waals surface area contributed by atoms with Crippen LogP contribution in [0.1, 0.15) is 25.3 Å². The minimum atomic E-state index is 0.465. The van der Waals surface area contributed by atoms with Gasteiger partial charge in [0, 0.05) is 51.2 Å². The fourth-order valence-corrected chi connectivity index (χ4v) is 2.82. The highest BCUT2D eigenvalue weighted by atomic mass is 15.3. The van der Waals surface area contributed by atoms with E-state index in [1.54, 1.807) is 0 Å². The maximum Gasteiger partial charge on any atom is 0.0113 e. The summed E-state index contributed by atoms with van der Waals surface area (Å²) in [5, 5.41) is 0. The van der Waals surface area contributed by atoms with Crippen LogP contribution in [0, 0.1) is 0 Å². The van der Waals surface area contributed by atoms with Crippen LogP contribution < -0.4 is 5.73 Å². The van der Waals surface area contributed by atoms with Crippen molar-refractivity contribution in [3.63, 3.8) is 0 Å². The summed E-state index contributed by atoms with van der Waals surface area (Å²) in [6.45, 7) is 11.1. The molecule has 1 aromatic carbocycles. The number of piperazine rings is 1. The van der Waals surface area contributed by atoms with Crippen LogP contribution in [0.25, 0.3) is 0 Å². The summed E-state index contributed by atoms with van der Waals surface area (Å²) in [6.07, 6.45) is 0. The highest BCUT2D eigenvalue weighted by Crippen LogP contribution is 2.17. The zero-order chi connectivity index (χ0) is 13.7. The van der Waals surface area contributed by atoms with Crippen molar-refractivity contribution in [3.8, 4) is 0 Å². The third-order valence-electron chi connectivity index (χ3n) is 4.17.